The molecule has 1 atom stereocenters. The van der Waals surface area contributed by atoms with Crippen LogP contribution in [-0.2, 0) is 4.79 Å². The first kappa shape index (κ1) is 15.3. The van der Waals surface area contributed by atoms with Gasteiger partial charge in [-0.2, -0.15) is 0 Å². The Labute approximate surface area is 133 Å². The van der Waals surface area contributed by atoms with Gasteiger partial charge >= 0.3 is 0 Å². The highest BCUT2D eigenvalue weighted by Gasteiger charge is 2.31. The molecule has 1 amide bonds. The van der Waals surface area contributed by atoms with Gasteiger partial charge < -0.3 is 10.2 Å². The number of rotatable bonds is 6. The third-order valence-corrected chi connectivity index (χ3v) is 4.79. The summed E-state index contributed by atoms with van der Waals surface area (Å²) in [7, 11) is 4.12. The second kappa shape index (κ2) is 6.69. The number of hydrogen-bond donors (Lipinski definition) is 1. The van der Waals surface area contributed by atoms with Gasteiger partial charge in [-0.15, -0.1) is 0 Å². The van der Waals surface area contributed by atoms with Crippen LogP contribution in [0.4, 0.5) is 5.69 Å². The van der Waals surface area contributed by atoms with E-state index >= 15 is 0 Å². The number of carbonyl (C=O) groups is 1. The maximum absolute atomic E-state index is 12.0. The fourth-order valence-corrected chi connectivity index (χ4v) is 3.19. The van der Waals surface area contributed by atoms with Crippen LogP contribution in [0, 0.1) is 5.92 Å². The van der Waals surface area contributed by atoms with Crippen molar-refractivity contribution in [1.29, 1.82) is 0 Å². The molecule has 0 bridgehead atoms. The summed E-state index contributed by atoms with van der Waals surface area (Å²) in [5, 5.41) is 3.17. The van der Waals surface area contributed by atoms with Gasteiger partial charge in [0.15, 0.2) is 0 Å². The van der Waals surface area contributed by atoms with E-state index in [1.54, 1.807) is 0 Å². The topological polar surface area (TPSA) is 35.6 Å². The molecule has 4 nitrogen and oxygen atoms in total. The molecule has 2 aliphatic rings. The predicted octanol–water partition coefficient (Wildman–Crippen LogP) is 2.42. The summed E-state index contributed by atoms with van der Waals surface area (Å²) in [5.41, 5.74) is 2.52. The van der Waals surface area contributed by atoms with Crippen molar-refractivity contribution in [3.8, 4) is 0 Å². The molecule has 0 radical (unpaired) electrons. The van der Waals surface area contributed by atoms with E-state index in [1.807, 2.05) is 0 Å². The molecule has 2 fully saturated rings. The number of carbonyl (C=O) groups excluding carboxylic acids is 1. The van der Waals surface area contributed by atoms with Crippen LogP contribution in [0.5, 0.6) is 0 Å². The van der Waals surface area contributed by atoms with Crippen LogP contribution in [0.15, 0.2) is 24.3 Å². The Morgan fingerprint density at radius 2 is 1.86 bits per heavy atom. The summed E-state index contributed by atoms with van der Waals surface area (Å²) in [5.74, 6) is 0.532. The Morgan fingerprint density at radius 1 is 1.23 bits per heavy atom. The molecule has 1 aliphatic heterocycles. The molecule has 22 heavy (non-hydrogen) atoms. The summed E-state index contributed by atoms with van der Waals surface area (Å²) in [4.78, 5) is 16.6. The smallest absolute Gasteiger partial charge is 0.223 e. The van der Waals surface area contributed by atoms with Gasteiger partial charge in [-0.25, -0.2) is 0 Å². The summed E-state index contributed by atoms with van der Waals surface area (Å²) < 4.78 is 0. The standard InChI is InChI=1S/C18H27N3O/c1-20(2)16-9-7-14(8-10-16)17(21-11-3-4-12-21)13-19-18(22)15-5-6-15/h7-10,15,17H,3-6,11-13H2,1-2H3,(H,19,22). The monoisotopic (exact) mass is 301 g/mol. The fourth-order valence-electron chi connectivity index (χ4n) is 3.19. The average Bonchev–Trinajstić information content (AvgIpc) is 3.24. The van der Waals surface area contributed by atoms with Crippen molar-refractivity contribution >= 4 is 11.6 Å². The van der Waals surface area contributed by atoms with Crippen LogP contribution in [0.25, 0.3) is 0 Å². The Morgan fingerprint density at radius 3 is 2.41 bits per heavy atom. The molecule has 0 aromatic heterocycles. The first-order chi connectivity index (χ1) is 10.6. The molecule has 1 unspecified atom stereocenters. The molecule has 0 spiro atoms. The van der Waals surface area contributed by atoms with Gasteiger partial charge in [0.2, 0.25) is 5.91 Å². The van der Waals surface area contributed by atoms with Crippen molar-refractivity contribution in [2.45, 2.75) is 31.7 Å². The van der Waals surface area contributed by atoms with E-state index in [1.165, 1.54) is 24.1 Å². The number of likely N-dealkylation sites (tertiary alicyclic amines) is 1. The molecule has 1 N–H and O–H groups in total. The van der Waals surface area contributed by atoms with Crippen molar-refractivity contribution in [1.82, 2.24) is 10.2 Å². The van der Waals surface area contributed by atoms with Crippen molar-refractivity contribution in [2.24, 2.45) is 5.92 Å². The Balaban J connectivity index is 1.70. The molecule has 1 heterocycles. The molecular weight excluding hydrogens is 274 g/mol. The van der Waals surface area contributed by atoms with Gasteiger partial charge in [0.1, 0.15) is 0 Å². The zero-order valence-corrected chi connectivity index (χ0v) is 13.7. The second-order valence-corrected chi connectivity index (χ2v) is 6.76. The van der Waals surface area contributed by atoms with E-state index in [-0.39, 0.29) is 11.8 Å². The van der Waals surface area contributed by atoms with Crippen molar-refractivity contribution < 1.29 is 4.79 Å². The minimum Gasteiger partial charge on any atom is -0.378 e. The van der Waals surface area contributed by atoms with Crippen LogP contribution in [0.2, 0.25) is 0 Å². The van der Waals surface area contributed by atoms with Crippen molar-refractivity contribution in [2.75, 3.05) is 38.6 Å². The van der Waals surface area contributed by atoms with Gasteiger partial charge in [-0.05, 0) is 56.5 Å². The summed E-state index contributed by atoms with van der Waals surface area (Å²) in [6.07, 6.45) is 4.67. The molecule has 4 heteroatoms. The fraction of sp³-hybridized carbons (Fsp3) is 0.611. The first-order valence-corrected chi connectivity index (χ1v) is 8.44. The van der Waals surface area contributed by atoms with E-state index in [4.69, 9.17) is 0 Å². The lowest BCUT2D eigenvalue weighted by Gasteiger charge is -2.28. The molecule has 1 aromatic rings. The van der Waals surface area contributed by atoms with Crippen LogP contribution in [-0.4, -0.2) is 44.5 Å². The minimum atomic E-state index is 0.245. The number of hydrogen-bond acceptors (Lipinski definition) is 3. The van der Waals surface area contributed by atoms with E-state index < -0.39 is 0 Å². The van der Waals surface area contributed by atoms with E-state index in [9.17, 15) is 4.79 Å². The molecular formula is C18H27N3O. The van der Waals surface area contributed by atoms with Crippen LogP contribution in [0.3, 0.4) is 0 Å². The van der Waals surface area contributed by atoms with E-state index in [0.29, 0.717) is 6.04 Å². The quantitative estimate of drug-likeness (QED) is 0.876. The molecule has 1 saturated heterocycles. The van der Waals surface area contributed by atoms with Crippen molar-refractivity contribution in [3.05, 3.63) is 29.8 Å². The number of nitrogens with zero attached hydrogens (tertiary/aromatic N) is 2. The summed E-state index contributed by atoms with van der Waals surface area (Å²) >= 11 is 0. The maximum Gasteiger partial charge on any atom is 0.223 e. The van der Waals surface area contributed by atoms with Gasteiger partial charge in [0.05, 0.1) is 6.04 Å². The lowest BCUT2D eigenvalue weighted by molar-refractivity contribution is -0.122. The summed E-state index contributed by atoms with van der Waals surface area (Å²) in [6.45, 7) is 3.01. The SMILES string of the molecule is CN(C)c1ccc(C(CNC(=O)C2CC2)N2CCCC2)cc1. The highest BCUT2D eigenvalue weighted by atomic mass is 16.2. The number of nitrogens with one attached hydrogen (secondary N) is 1. The van der Waals surface area contributed by atoms with E-state index in [0.717, 1.165) is 32.5 Å². The lowest BCUT2D eigenvalue weighted by atomic mass is 10.0. The van der Waals surface area contributed by atoms with Crippen LogP contribution < -0.4 is 10.2 Å². The number of anilines is 1. The molecule has 1 saturated carbocycles. The molecule has 3 rings (SSSR count). The van der Waals surface area contributed by atoms with E-state index in [2.05, 4.69) is 53.5 Å². The van der Waals surface area contributed by atoms with Crippen molar-refractivity contribution in [3.63, 3.8) is 0 Å². The Bertz CT molecular complexity index is 502. The normalized spacial score (nSPS) is 19.9. The predicted molar refractivity (Wildman–Crippen MR) is 90.1 cm³/mol. The third kappa shape index (κ3) is 3.61. The molecule has 120 valence electrons. The average molecular weight is 301 g/mol. The Hall–Kier alpha value is -1.55. The summed E-state index contributed by atoms with van der Waals surface area (Å²) in [6, 6.07) is 9.06. The molecule has 1 aromatic carbocycles. The minimum absolute atomic E-state index is 0.245. The maximum atomic E-state index is 12.0. The highest BCUT2D eigenvalue weighted by Crippen LogP contribution is 2.30. The van der Waals surface area contributed by atoms with Gasteiger partial charge in [0.25, 0.3) is 0 Å². The molecule has 1 aliphatic carbocycles. The van der Waals surface area contributed by atoms with Crippen LogP contribution >= 0.6 is 0 Å². The highest BCUT2D eigenvalue weighted by molar-refractivity contribution is 5.80. The largest absolute Gasteiger partial charge is 0.378 e. The number of benzene rings is 1. The second-order valence-electron chi connectivity index (χ2n) is 6.76. The van der Waals surface area contributed by atoms with Gasteiger partial charge in [-0.1, -0.05) is 12.1 Å². The zero-order valence-electron chi connectivity index (χ0n) is 13.7. The van der Waals surface area contributed by atoms with Crippen LogP contribution in [0.1, 0.15) is 37.3 Å². The third-order valence-electron chi connectivity index (χ3n) is 4.79. The van der Waals surface area contributed by atoms with Gasteiger partial charge in [0, 0.05) is 32.2 Å². The number of amides is 1. The zero-order chi connectivity index (χ0) is 15.5. The van der Waals surface area contributed by atoms with Gasteiger partial charge in [-0.3, -0.25) is 9.69 Å². The first-order valence-electron chi connectivity index (χ1n) is 8.44. The Kier molecular flexibility index (Phi) is 4.67. The lowest BCUT2D eigenvalue weighted by Crippen LogP contribution is -2.37.